The number of ether oxygens (including phenoxy) is 1. The van der Waals surface area contributed by atoms with E-state index in [2.05, 4.69) is 39.5 Å². The van der Waals surface area contributed by atoms with E-state index in [4.69, 9.17) is 4.74 Å². The number of nitrogens with one attached hydrogen (secondary N) is 4. The molecule has 0 saturated carbocycles. The Kier molecular flexibility index (Phi) is 12.2. The zero-order chi connectivity index (χ0) is 26.0. The zero-order valence-corrected chi connectivity index (χ0v) is 21.8. The van der Waals surface area contributed by atoms with Gasteiger partial charge in [-0.3, -0.25) is 19.2 Å². The van der Waals surface area contributed by atoms with Gasteiger partial charge in [-0.25, -0.2) is 4.79 Å². The maximum absolute atomic E-state index is 12.9. The molecule has 0 aromatic carbocycles. The number of allylic oxidation sites excluding steroid dienone is 1. The Labute approximate surface area is 209 Å². The number of thiol groups is 1. The van der Waals surface area contributed by atoms with Crippen molar-refractivity contribution < 1.29 is 28.7 Å². The van der Waals surface area contributed by atoms with Crippen molar-refractivity contribution in [2.24, 2.45) is 11.8 Å². The van der Waals surface area contributed by atoms with Gasteiger partial charge in [-0.2, -0.15) is 0 Å². The zero-order valence-electron chi connectivity index (χ0n) is 20.0. The highest BCUT2D eigenvalue weighted by atomic mass is 33.1. The summed E-state index contributed by atoms with van der Waals surface area (Å²) in [7, 11) is 1.03. The van der Waals surface area contributed by atoms with Gasteiger partial charge in [0.1, 0.15) is 29.9 Å². The van der Waals surface area contributed by atoms with Gasteiger partial charge >= 0.3 is 5.97 Å². The second-order valence-corrected chi connectivity index (χ2v) is 9.81. The summed E-state index contributed by atoms with van der Waals surface area (Å²) in [6, 6.07) is -3.02. The van der Waals surface area contributed by atoms with Gasteiger partial charge in [-0.05, 0) is 18.8 Å². The van der Waals surface area contributed by atoms with Crippen LogP contribution in [-0.2, 0) is 28.7 Å². The molecule has 10 nitrogen and oxygen atoms in total. The Bertz CT molecular complexity index is 830. The molecule has 1 aliphatic rings. The van der Waals surface area contributed by atoms with Crippen LogP contribution in [0.15, 0.2) is 24.4 Å². The molecule has 34 heavy (non-hydrogen) atoms. The van der Waals surface area contributed by atoms with Crippen molar-refractivity contribution in [3.63, 3.8) is 0 Å². The van der Waals surface area contributed by atoms with Crippen LogP contribution in [0, 0.1) is 11.8 Å². The van der Waals surface area contributed by atoms with Crippen molar-refractivity contribution in [2.45, 2.75) is 65.3 Å². The van der Waals surface area contributed by atoms with Crippen molar-refractivity contribution in [1.29, 1.82) is 0 Å². The van der Waals surface area contributed by atoms with Crippen molar-refractivity contribution in [1.82, 2.24) is 21.3 Å². The van der Waals surface area contributed by atoms with Crippen LogP contribution in [0.25, 0.3) is 0 Å². The lowest BCUT2D eigenvalue weighted by Crippen LogP contribution is -2.57. The monoisotopic (exact) mass is 514 g/mol. The number of amides is 4. The third kappa shape index (κ3) is 8.71. The molecule has 0 unspecified atom stereocenters. The first kappa shape index (κ1) is 29.6. The van der Waals surface area contributed by atoms with Crippen LogP contribution < -0.4 is 21.3 Å². The first-order valence-corrected chi connectivity index (χ1v) is 13.0. The third-order valence-corrected chi connectivity index (χ3v) is 5.98. The summed E-state index contributed by atoms with van der Waals surface area (Å²) >= 11 is 4.07. The molecule has 1 aliphatic heterocycles. The van der Waals surface area contributed by atoms with Crippen LogP contribution in [0.5, 0.6) is 0 Å². The van der Waals surface area contributed by atoms with Gasteiger partial charge in [0.25, 0.3) is 5.91 Å². The first-order valence-electron chi connectivity index (χ1n) is 10.9. The standard InChI is InChI=1S/C22H34N4O6S2/c1-7-13-9-16(27)25-17(11(3)4)21(30)24-15(10-34-33)20(29)23-14(8-2)19(28)26-18(12(5)6)22(31)32-13/h7-8,11-13,15,17-18,33H,1,9-10H2,2-6H3,(H,23,29)(H,24,30)(H,25,27)(H,26,28)/b14-8-/t13-,15-,17-,18+/m1/s1. The summed E-state index contributed by atoms with van der Waals surface area (Å²) in [4.78, 5) is 64.0. The van der Waals surface area contributed by atoms with Gasteiger partial charge < -0.3 is 26.0 Å². The average Bonchev–Trinajstić information content (AvgIpc) is 2.76. The topological polar surface area (TPSA) is 143 Å². The predicted molar refractivity (Wildman–Crippen MR) is 134 cm³/mol. The normalized spacial score (nSPS) is 27.1. The molecule has 190 valence electrons. The average molecular weight is 515 g/mol. The Morgan fingerprint density at radius 3 is 2.15 bits per heavy atom. The Morgan fingerprint density at radius 1 is 1.03 bits per heavy atom. The summed E-state index contributed by atoms with van der Waals surface area (Å²) in [6.07, 6.45) is 1.46. The fraction of sp³-hybridized carbons (Fsp3) is 0.591. The molecule has 1 rings (SSSR count). The molecule has 4 N–H and O–H groups in total. The molecule has 0 radical (unpaired) electrons. The molecule has 0 spiro atoms. The molecule has 1 heterocycles. The van der Waals surface area contributed by atoms with Crippen molar-refractivity contribution in [3.8, 4) is 0 Å². The molecule has 1 fully saturated rings. The molecule has 0 bridgehead atoms. The van der Waals surface area contributed by atoms with Gasteiger partial charge in [0, 0.05) is 5.75 Å². The van der Waals surface area contributed by atoms with Crippen LogP contribution in [0.3, 0.4) is 0 Å². The number of hydrogen-bond donors (Lipinski definition) is 5. The van der Waals surface area contributed by atoms with Crippen LogP contribution >= 0.6 is 22.5 Å². The number of cyclic esters (lactones) is 1. The first-order chi connectivity index (χ1) is 15.9. The van der Waals surface area contributed by atoms with E-state index in [1.807, 2.05) is 0 Å². The summed E-state index contributed by atoms with van der Waals surface area (Å²) in [6.45, 7) is 12.1. The highest BCUT2D eigenvalue weighted by Gasteiger charge is 2.33. The van der Waals surface area contributed by atoms with E-state index in [1.54, 1.807) is 34.6 Å². The van der Waals surface area contributed by atoms with Crippen molar-refractivity contribution in [3.05, 3.63) is 24.4 Å². The Balaban J connectivity index is 3.40. The Morgan fingerprint density at radius 2 is 1.65 bits per heavy atom. The molecule has 0 aromatic heterocycles. The maximum atomic E-state index is 12.9. The van der Waals surface area contributed by atoms with Crippen molar-refractivity contribution >= 4 is 52.1 Å². The highest BCUT2D eigenvalue weighted by Crippen LogP contribution is 2.13. The van der Waals surface area contributed by atoms with Gasteiger partial charge in [0.05, 0.1) is 6.42 Å². The maximum Gasteiger partial charge on any atom is 0.329 e. The summed E-state index contributed by atoms with van der Waals surface area (Å²) in [5.41, 5.74) is -0.0899. The summed E-state index contributed by atoms with van der Waals surface area (Å²) in [5.74, 6) is -3.75. The molecule has 12 heteroatoms. The van der Waals surface area contributed by atoms with Gasteiger partial charge in [0.15, 0.2) is 0 Å². The van der Waals surface area contributed by atoms with E-state index in [0.717, 1.165) is 10.8 Å². The molecule has 1 saturated heterocycles. The van der Waals surface area contributed by atoms with Crippen LogP contribution in [-0.4, -0.2) is 59.6 Å². The van der Waals surface area contributed by atoms with E-state index >= 15 is 0 Å². The van der Waals surface area contributed by atoms with Gasteiger partial charge in [-0.1, -0.05) is 57.2 Å². The summed E-state index contributed by atoms with van der Waals surface area (Å²) < 4.78 is 5.40. The quantitative estimate of drug-likeness (QED) is 0.120. The molecular formula is C22H34N4O6S2. The van der Waals surface area contributed by atoms with Gasteiger partial charge in [-0.15, -0.1) is 11.7 Å². The summed E-state index contributed by atoms with van der Waals surface area (Å²) in [5, 5.41) is 10.3. The number of rotatable bonds is 5. The smallest absolute Gasteiger partial charge is 0.329 e. The van der Waals surface area contributed by atoms with Crippen LogP contribution in [0.1, 0.15) is 41.0 Å². The number of carbonyl (C=O) groups excluding carboxylic acids is 5. The minimum absolute atomic E-state index is 0.0899. The highest BCUT2D eigenvalue weighted by molar-refractivity contribution is 8.68. The number of hydrogen-bond acceptors (Lipinski definition) is 8. The number of carbonyl (C=O) groups is 5. The fourth-order valence-corrected chi connectivity index (χ4v) is 3.89. The van der Waals surface area contributed by atoms with E-state index in [-0.39, 0.29) is 29.7 Å². The second-order valence-electron chi connectivity index (χ2n) is 8.45. The third-order valence-electron chi connectivity index (χ3n) is 5.06. The Hall–Kier alpha value is -2.47. The fourth-order valence-electron chi connectivity index (χ4n) is 3.06. The molecule has 4 amide bonds. The van der Waals surface area contributed by atoms with Crippen LogP contribution in [0.2, 0.25) is 0 Å². The second kappa shape index (κ2) is 14.1. The number of esters is 1. The van der Waals surface area contributed by atoms with Gasteiger partial charge in [0.2, 0.25) is 17.7 Å². The lowest BCUT2D eigenvalue weighted by molar-refractivity contribution is -0.153. The minimum Gasteiger partial charge on any atom is -0.456 e. The molecular weight excluding hydrogens is 480 g/mol. The lowest BCUT2D eigenvalue weighted by atomic mass is 10.0. The van der Waals surface area contributed by atoms with E-state index in [1.165, 1.54) is 12.2 Å². The van der Waals surface area contributed by atoms with Crippen molar-refractivity contribution in [2.75, 3.05) is 5.75 Å². The molecule has 0 aromatic rings. The largest absolute Gasteiger partial charge is 0.456 e. The molecule has 4 atom stereocenters. The van der Waals surface area contributed by atoms with E-state index in [9.17, 15) is 24.0 Å². The SMILES string of the molecule is C=C[C@@H]1CC(=O)N[C@H](C(C)C)C(=O)N[C@H](CSS)C(=O)N/C(=C\C)C(=O)N[C@@H](C(C)C)C(=O)O1. The molecule has 0 aliphatic carbocycles. The predicted octanol–water partition coefficient (Wildman–Crippen LogP) is 0.852. The van der Waals surface area contributed by atoms with E-state index in [0.29, 0.717) is 0 Å². The lowest BCUT2D eigenvalue weighted by Gasteiger charge is -2.27. The minimum atomic E-state index is -1.04. The van der Waals surface area contributed by atoms with Crippen LogP contribution in [0.4, 0.5) is 0 Å². The van der Waals surface area contributed by atoms with E-state index < -0.39 is 53.8 Å².